The Morgan fingerprint density at radius 3 is 2.76 bits per heavy atom. The van der Waals surface area contributed by atoms with Gasteiger partial charge < -0.3 is 20.5 Å². The molecule has 2 atom stereocenters. The molecule has 0 radical (unpaired) electrons. The van der Waals surface area contributed by atoms with Gasteiger partial charge in [0.15, 0.2) is 0 Å². The van der Waals surface area contributed by atoms with Gasteiger partial charge in [-0.3, -0.25) is 0 Å². The van der Waals surface area contributed by atoms with Crippen LogP contribution in [0.4, 0.5) is 4.79 Å². The SMILES string of the molecule is CC(C)(C)OC(=O)N1CCCC1[C@@H](O)CCN. The van der Waals surface area contributed by atoms with E-state index in [4.69, 9.17) is 10.5 Å². The van der Waals surface area contributed by atoms with E-state index in [-0.39, 0.29) is 12.1 Å². The summed E-state index contributed by atoms with van der Waals surface area (Å²) in [5, 5.41) is 9.94. The zero-order chi connectivity index (χ0) is 13.1. The van der Waals surface area contributed by atoms with Crippen molar-refractivity contribution in [2.75, 3.05) is 13.1 Å². The molecule has 5 heteroatoms. The van der Waals surface area contributed by atoms with Crippen LogP contribution in [0.3, 0.4) is 0 Å². The van der Waals surface area contributed by atoms with Crippen molar-refractivity contribution in [3.8, 4) is 0 Å². The summed E-state index contributed by atoms with van der Waals surface area (Å²) < 4.78 is 5.32. The molecule has 1 amide bonds. The van der Waals surface area contributed by atoms with Gasteiger partial charge in [-0.25, -0.2) is 4.79 Å². The van der Waals surface area contributed by atoms with Gasteiger partial charge in [0, 0.05) is 6.54 Å². The minimum Gasteiger partial charge on any atom is -0.444 e. The molecule has 0 aromatic rings. The molecule has 1 aliphatic rings. The molecule has 1 rings (SSSR count). The number of aliphatic hydroxyl groups is 1. The lowest BCUT2D eigenvalue weighted by atomic mass is 10.1. The summed E-state index contributed by atoms with van der Waals surface area (Å²) in [7, 11) is 0. The number of nitrogens with zero attached hydrogens (tertiary/aromatic N) is 1. The Hall–Kier alpha value is -0.810. The highest BCUT2D eigenvalue weighted by Crippen LogP contribution is 2.24. The first-order chi connectivity index (χ1) is 7.85. The third kappa shape index (κ3) is 4.16. The number of likely N-dealkylation sites (tertiary alicyclic amines) is 1. The fraction of sp³-hybridized carbons (Fsp3) is 0.917. The van der Waals surface area contributed by atoms with E-state index in [0.29, 0.717) is 19.5 Å². The molecule has 0 aromatic carbocycles. The molecular formula is C12H24N2O3. The van der Waals surface area contributed by atoms with E-state index in [1.807, 2.05) is 20.8 Å². The number of carbonyl (C=O) groups excluding carboxylic acids is 1. The Kier molecular flexibility index (Phi) is 4.77. The summed E-state index contributed by atoms with van der Waals surface area (Å²) in [6, 6.07) is -0.145. The van der Waals surface area contributed by atoms with E-state index < -0.39 is 11.7 Å². The van der Waals surface area contributed by atoms with Crippen LogP contribution in [-0.4, -0.2) is 46.9 Å². The van der Waals surface area contributed by atoms with Crippen LogP contribution < -0.4 is 5.73 Å². The van der Waals surface area contributed by atoms with Crippen molar-refractivity contribution in [3.63, 3.8) is 0 Å². The maximum atomic E-state index is 11.9. The molecule has 0 aliphatic carbocycles. The normalized spacial score (nSPS) is 22.6. The van der Waals surface area contributed by atoms with E-state index in [2.05, 4.69) is 0 Å². The lowest BCUT2D eigenvalue weighted by Gasteiger charge is -2.30. The smallest absolute Gasteiger partial charge is 0.410 e. The Bertz CT molecular complexity index is 263. The lowest BCUT2D eigenvalue weighted by molar-refractivity contribution is 0.00435. The average molecular weight is 244 g/mol. The topological polar surface area (TPSA) is 75.8 Å². The minimum atomic E-state index is -0.546. The van der Waals surface area contributed by atoms with Crippen molar-refractivity contribution in [2.24, 2.45) is 5.73 Å². The van der Waals surface area contributed by atoms with Crippen LogP contribution in [0.25, 0.3) is 0 Å². The summed E-state index contributed by atoms with van der Waals surface area (Å²) in [6.07, 6.45) is 1.36. The predicted molar refractivity (Wildman–Crippen MR) is 65.6 cm³/mol. The molecule has 0 aromatic heterocycles. The van der Waals surface area contributed by atoms with Crippen molar-refractivity contribution in [1.29, 1.82) is 0 Å². The van der Waals surface area contributed by atoms with Gasteiger partial charge in [0.25, 0.3) is 0 Å². The van der Waals surface area contributed by atoms with Gasteiger partial charge in [0.1, 0.15) is 5.60 Å². The summed E-state index contributed by atoms with van der Waals surface area (Å²) in [5.41, 5.74) is 4.93. The molecule has 1 unspecified atom stereocenters. The number of amides is 1. The van der Waals surface area contributed by atoms with E-state index in [1.165, 1.54) is 0 Å². The van der Waals surface area contributed by atoms with Crippen LogP contribution in [0.15, 0.2) is 0 Å². The molecule has 1 aliphatic heterocycles. The second kappa shape index (κ2) is 5.69. The van der Waals surface area contributed by atoms with Crippen LogP contribution >= 0.6 is 0 Å². The number of carbonyl (C=O) groups is 1. The number of ether oxygens (including phenoxy) is 1. The van der Waals surface area contributed by atoms with Crippen LogP contribution in [0, 0.1) is 0 Å². The van der Waals surface area contributed by atoms with Crippen molar-refractivity contribution in [2.45, 2.75) is 57.8 Å². The fourth-order valence-corrected chi connectivity index (χ4v) is 2.10. The number of aliphatic hydroxyl groups excluding tert-OH is 1. The molecule has 5 nitrogen and oxygen atoms in total. The molecule has 1 fully saturated rings. The number of nitrogens with two attached hydrogens (primary N) is 1. The Morgan fingerprint density at radius 2 is 2.24 bits per heavy atom. The highest BCUT2D eigenvalue weighted by molar-refractivity contribution is 5.69. The molecule has 1 heterocycles. The van der Waals surface area contributed by atoms with Gasteiger partial charge in [-0.2, -0.15) is 0 Å². The third-order valence-corrected chi connectivity index (χ3v) is 2.83. The summed E-state index contributed by atoms with van der Waals surface area (Å²) in [4.78, 5) is 13.6. The third-order valence-electron chi connectivity index (χ3n) is 2.83. The molecule has 1 saturated heterocycles. The second-order valence-corrected chi connectivity index (χ2v) is 5.53. The molecule has 100 valence electrons. The Morgan fingerprint density at radius 1 is 1.59 bits per heavy atom. The number of hydrogen-bond acceptors (Lipinski definition) is 4. The van der Waals surface area contributed by atoms with Crippen molar-refractivity contribution in [3.05, 3.63) is 0 Å². The standard InChI is InChI=1S/C12H24N2O3/c1-12(2,3)17-11(16)14-8-4-5-9(14)10(15)6-7-13/h9-10,15H,4-8,13H2,1-3H3/t9?,10-/m0/s1. The van der Waals surface area contributed by atoms with Crippen molar-refractivity contribution >= 4 is 6.09 Å². The van der Waals surface area contributed by atoms with E-state index in [0.717, 1.165) is 12.8 Å². The minimum absolute atomic E-state index is 0.145. The van der Waals surface area contributed by atoms with Crippen molar-refractivity contribution < 1.29 is 14.6 Å². The van der Waals surface area contributed by atoms with E-state index >= 15 is 0 Å². The van der Waals surface area contributed by atoms with Gasteiger partial charge in [0.2, 0.25) is 0 Å². The maximum absolute atomic E-state index is 11.9. The monoisotopic (exact) mass is 244 g/mol. The van der Waals surface area contributed by atoms with Gasteiger partial charge in [-0.15, -0.1) is 0 Å². The second-order valence-electron chi connectivity index (χ2n) is 5.53. The highest BCUT2D eigenvalue weighted by Gasteiger charge is 2.35. The molecule has 3 N–H and O–H groups in total. The molecule has 0 saturated carbocycles. The Balaban J connectivity index is 2.59. The highest BCUT2D eigenvalue weighted by atomic mass is 16.6. The van der Waals surface area contributed by atoms with Crippen molar-refractivity contribution in [1.82, 2.24) is 4.90 Å². The van der Waals surface area contributed by atoms with E-state index in [9.17, 15) is 9.90 Å². The van der Waals surface area contributed by atoms with E-state index in [1.54, 1.807) is 4.90 Å². The van der Waals surface area contributed by atoms with Crippen LogP contribution in [-0.2, 0) is 4.74 Å². The number of hydrogen-bond donors (Lipinski definition) is 2. The summed E-state index contributed by atoms with van der Waals surface area (Å²) in [6.45, 7) is 6.60. The number of rotatable bonds is 3. The first-order valence-electron chi connectivity index (χ1n) is 6.23. The molecule has 0 spiro atoms. The quantitative estimate of drug-likeness (QED) is 0.779. The zero-order valence-corrected chi connectivity index (χ0v) is 11.0. The van der Waals surface area contributed by atoms with Gasteiger partial charge in [-0.1, -0.05) is 0 Å². The van der Waals surface area contributed by atoms with Crippen LogP contribution in [0.2, 0.25) is 0 Å². The maximum Gasteiger partial charge on any atom is 0.410 e. The first-order valence-corrected chi connectivity index (χ1v) is 6.23. The average Bonchev–Trinajstić information content (AvgIpc) is 2.63. The predicted octanol–water partition coefficient (Wildman–Crippen LogP) is 1.10. The van der Waals surface area contributed by atoms with Crippen LogP contribution in [0.5, 0.6) is 0 Å². The molecular weight excluding hydrogens is 220 g/mol. The van der Waals surface area contributed by atoms with Gasteiger partial charge in [-0.05, 0) is 46.6 Å². The van der Waals surface area contributed by atoms with Gasteiger partial charge >= 0.3 is 6.09 Å². The molecule has 17 heavy (non-hydrogen) atoms. The summed E-state index contributed by atoms with van der Waals surface area (Å²) >= 11 is 0. The van der Waals surface area contributed by atoms with Gasteiger partial charge in [0.05, 0.1) is 12.1 Å². The lowest BCUT2D eigenvalue weighted by Crippen LogP contribution is -2.45. The summed E-state index contributed by atoms with van der Waals surface area (Å²) in [5.74, 6) is 0. The zero-order valence-electron chi connectivity index (χ0n) is 11.0. The van der Waals surface area contributed by atoms with Crippen LogP contribution in [0.1, 0.15) is 40.0 Å². The first kappa shape index (κ1) is 14.3. The molecule has 0 bridgehead atoms. The fourth-order valence-electron chi connectivity index (χ4n) is 2.10. The Labute approximate surface area is 103 Å². The largest absolute Gasteiger partial charge is 0.444 e.